The van der Waals surface area contributed by atoms with Gasteiger partial charge < -0.3 is 4.74 Å². The minimum absolute atomic E-state index is 0.402. The van der Waals surface area contributed by atoms with Gasteiger partial charge in [-0.15, -0.1) is 0 Å². The van der Waals surface area contributed by atoms with Crippen LogP contribution in [0.1, 0.15) is 77.6 Å². The zero-order valence-corrected chi connectivity index (χ0v) is 17.6. The first-order valence-electron chi connectivity index (χ1n) is 11.2. The highest BCUT2D eigenvalue weighted by Gasteiger charge is 2.35. The summed E-state index contributed by atoms with van der Waals surface area (Å²) in [5.74, 6) is 1.16. The minimum atomic E-state index is 0.402. The largest absolute Gasteiger partial charge is 0.369 e. The van der Waals surface area contributed by atoms with Crippen molar-refractivity contribution in [3.05, 3.63) is 60.8 Å². The normalized spacial score (nSPS) is 22.6. The van der Waals surface area contributed by atoms with E-state index in [0.29, 0.717) is 24.4 Å². The number of carbonyl (C=O) groups is 1. The van der Waals surface area contributed by atoms with Crippen LogP contribution in [0.2, 0.25) is 0 Å². The van der Waals surface area contributed by atoms with Gasteiger partial charge in [0, 0.05) is 12.8 Å². The second-order valence-corrected chi connectivity index (χ2v) is 7.88. The molecule has 2 unspecified atom stereocenters. The summed E-state index contributed by atoms with van der Waals surface area (Å²) in [4.78, 5) is 11.6. The lowest BCUT2D eigenvalue weighted by atomic mass is 10.1. The van der Waals surface area contributed by atoms with Gasteiger partial charge in [0.05, 0.1) is 12.2 Å². The van der Waals surface area contributed by atoms with Gasteiger partial charge in [-0.05, 0) is 63.7 Å². The van der Waals surface area contributed by atoms with E-state index in [1.807, 2.05) is 0 Å². The van der Waals surface area contributed by atoms with Crippen molar-refractivity contribution in [1.29, 1.82) is 0 Å². The van der Waals surface area contributed by atoms with Crippen molar-refractivity contribution in [1.82, 2.24) is 0 Å². The lowest BCUT2D eigenvalue weighted by Crippen LogP contribution is -1.97. The number of ether oxygens (including phenoxy) is 1. The summed E-state index contributed by atoms with van der Waals surface area (Å²) < 4.78 is 5.71. The van der Waals surface area contributed by atoms with Crippen molar-refractivity contribution in [3.8, 4) is 0 Å². The zero-order valence-electron chi connectivity index (χ0n) is 17.6. The smallest absolute Gasteiger partial charge is 0.133 e. The summed E-state index contributed by atoms with van der Waals surface area (Å²) in [6.07, 6.45) is 34.0. The molecule has 0 amide bonds. The number of hydrogen-bond donors (Lipinski definition) is 0. The van der Waals surface area contributed by atoms with Crippen LogP contribution in [0.4, 0.5) is 0 Å². The molecule has 0 radical (unpaired) electrons. The number of ketones is 1. The second kappa shape index (κ2) is 14.3. The zero-order chi connectivity index (χ0) is 19.9. The molecule has 0 aromatic heterocycles. The van der Waals surface area contributed by atoms with Gasteiger partial charge in [0.25, 0.3) is 0 Å². The monoisotopic (exact) mass is 382 g/mol. The Labute approximate surface area is 172 Å². The fourth-order valence-electron chi connectivity index (χ4n) is 3.14. The Bertz CT molecular complexity index is 575. The summed E-state index contributed by atoms with van der Waals surface area (Å²) in [5.41, 5.74) is 0. The minimum Gasteiger partial charge on any atom is -0.369 e. The van der Waals surface area contributed by atoms with Crippen LogP contribution < -0.4 is 0 Å². The van der Waals surface area contributed by atoms with Crippen LogP contribution in [0.15, 0.2) is 60.8 Å². The van der Waals surface area contributed by atoms with Crippen LogP contribution in [0.5, 0.6) is 0 Å². The topological polar surface area (TPSA) is 29.6 Å². The van der Waals surface area contributed by atoms with Gasteiger partial charge in [0.1, 0.15) is 5.78 Å². The fourth-order valence-corrected chi connectivity index (χ4v) is 3.14. The third-order valence-electron chi connectivity index (χ3n) is 5.11. The molecule has 0 spiro atoms. The Morgan fingerprint density at radius 3 is 1.89 bits per heavy atom. The number of hydrogen-bond acceptors (Lipinski definition) is 2. The van der Waals surface area contributed by atoms with Crippen LogP contribution in [0.25, 0.3) is 0 Å². The van der Waals surface area contributed by atoms with Crippen LogP contribution >= 0.6 is 0 Å². The average molecular weight is 383 g/mol. The van der Waals surface area contributed by atoms with E-state index in [2.05, 4.69) is 67.7 Å². The maximum Gasteiger partial charge on any atom is 0.133 e. The number of epoxide rings is 1. The summed E-state index contributed by atoms with van der Waals surface area (Å²) in [7, 11) is 0. The summed E-state index contributed by atoms with van der Waals surface area (Å²) >= 11 is 0. The van der Waals surface area contributed by atoms with Gasteiger partial charge >= 0.3 is 0 Å². The molecule has 0 bridgehead atoms. The highest BCUT2D eigenvalue weighted by Crippen LogP contribution is 2.33. The first-order chi connectivity index (χ1) is 13.8. The van der Waals surface area contributed by atoms with Gasteiger partial charge in [-0.1, -0.05) is 67.7 Å². The Morgan fingerprint density at radius 1 is 0.786 bits per heavy atom. The molecule has 2 fully saturated rings. The van der Waals surface area contributed by atoms with Crippen molar-refractivity contribution in [2.45, 2.75) is 89.8 Å². The molecule has 2 atom stereocenters. The second-order valence-electron chi connectivity index (χ2n) is 7.88. The number of carbonyl (C=O) groups excluding carboxylic acids is 1. The van der Waals surface area contributed by atoms with E-state index in [9.17, 15) is 4.79 Å². The van der Waals surface area contributed by atoms with Crippen molar-refractivity contribution < 1.29 is 9.53 Å². The third kappa shape index (κ3) is 11.9. The molecular formula is C26H38O2. The van der Waals surface area contributed by atoms with Crippen LogP contribution in [0.3, 0.4) is 0 Å². The van der Waals surface area contributed by atoms with E-state index >= 15 is 0 Å². The number of rotatable bonds is 16. The Hall–Kier alpha value is -1.67. The summed E-state index contributed by atoms with van der Waals surface area (Å²) in [5, 5.41) is 0. The first-order valence-corrected chi connectivity index (χ1v) is 11.2. The van der Waals surface area contributed by atoms with E-state index in [-0.39, 0.29) is 0 Å². The maximum atomic E-state index is 11.6. The van der Waals surface area contributed by atoms with Crippen molar-refractivity contribution in [2.24, 2.45) is 5.92 Å². The van der Waals surface area contributed by atoms with Gasteiger partial charge in [-0.25, -0.2) is 0 Å². The quantitative estimate of drug-likeness (QED) is 0.211. The molecule has 1 saturated carbocycles. The van der Waals surface area contributed by atoms with Gasteiger partial charge in [0.2, 0.25) is 0 Å². The predicted molar refractivity (Wildman–Crippen MR) is 119 cm³/mol. The molecule has 0 aromatic carbocycles. The molecule has 1 aliphatic heterocycles. The SMILES string of the molecule is CC/C=C\C/C=C\C/C=C\CC1OC1C/C=C\C/C=C\CCC(=O)CC1CC1. The average Bonchev–Trinajstić information content (AvgIpc) is 3.60. The molecule has 0 N–H and O–H groups in total. The Balaban J connectivity index is 1.40. The summed E-state index contributed by atoms with van der Waals surface area (Å²) in [6, 6.07) is 0. The first kappa shape index (κ1) is 22.6. The van der Waals surface area contributed by atoms with Crippen molar-refractivity contribution >= 4 is 5.78 Å². The Morgan fingerprint density at radius 2 is 1.32 bits per heavy atom. The number of Topliss-reactive ketones (excluding diaryl/α,β-unsaturated/α-hetero) is 1. The van der Waals surface area contributed by atoms with E-state index in [1.54, 1.807) is 0 Å². The van der Waals surface area contributed by atoms with Crippen LogP contribution in [0, 0.1) is 5.92 Å². The predicted octanol–water partition coefficient (Wildman–Crippen LogP) is 7.04. The van der Waals surface area contributed by atoms with Gasteiger partial charge in [-0.2, -0.15) is 0 Å². The maximum absolute atomic E-state index is 11.6. The highest BCUT2D eigenvalue weighted by molar-refractivity contribution is 5.79. The van der Waals surface area contributed by atoms with E-state index in [0.717, 1.165) is 57.3 Å². The van der Waals surface area contributed by atoms with E-state index < -0.39 is 0 Å². The number of allylic oxidation sites excluding steroid dienone is 8. The molecular weight excluding hydrogens is 344 g/mol. The molecule has 1 saturated heterocycles. The van der Waals surface area contributed by atoms with Crippen LogP contribution in [-0.4, -0.2) is 18.0 Å². The molecule has 154 valence electrons. The van der Waals surface area contributed by atoms with Gasteiger partial charge in [-0.3, -0.25) is 4.79 Å². The van der Waals surface area contributed by atoms with Crippen molar-refractivity contribution in [3.63, 3.8) is 0 Å². The lowest BCUT2D eigenvalue weighted by molar-refractivity contribution is -0.119. The molecule has 2 nitrogen and oxygen atoms in total. The van der Waals surface area contributed by atoms with E-state index in [4.69, 9.17) is 4.74 Å². The van der Waals surface area contributed by atoms with Crippen molar-refractivity contribution in [2.75, 3.05) is 0 Å². The van der Waals surface area contributed by atoms with Gasteiger partial charge in [0.15, 0.2) is 0 Å². The van der Waals surface area contributed by atoms with Crippen LogP contribution in [-0.2, 0) is 9.53 Å². The van der Waals surface area contributed by atoms with E-state index in [1.165, 1.54) is 12.8 Å². The molecule has 28 heavy (non-hydrogen) atoms. The fraction of sp³-hybridized carbons (Fsp3) is 0.577. The molecule has 2 heteroatoms. The standard InChI is InChI=1S/C26H38O2/c1-2-3-4-5-6-7-8-12-15-18-25-26(28-25)19-16-13-10-9-11-14-17-24(27)22-23-20-21-23/h3-4,6-7,9,11-13,15-16,23,25-26H,2,5,8,10,14,17-22H2,1H3/b4-3-,7-6-,11-9-,15-12-,16-13-. The molecule has 2 aliphatic rings. The molecule has 1 aliphatic carbocycles. The molecule has 0 aromatic rings. The Kier molecular flexibility index (Phi) is 11.6. The molecule has 2 rings (SSSR count). The summed E-state index contributed by atoms with van der Waals surface area (Å²) in [6.45, 7) is 2.16. The third-order valence-corrected chi connectivity index (χ3v) is 5.11. The lowest BCUT2D eigenvalue weighted by Gasteiger charge is -1.95. The highest BCUT2D eigenvalue weighted by atomic mass is 16.6. The molecule has 1 heterocycles.